The Balaban J connectivity index is 1.61. The van der Waals surface area contributed by atoms with E-state index in [1.807, 2.05) is 24.3 Å². The number of carbonyl (C=O) groups is 1. The van der Waals surface area contributed by atoms with E-state index in [1.54, 1.807) is 49.6 Å². The fraction of sp³-hybridized carbons (Fsp3) is 0.115. The highest BCUT2D eigenvalue weighted by molar-refractivity contribution is 8.27. The number of rotatable bonds is 7. The monoisotopic (exact) mass is 522 g/mol. The van der Waals surface area contributed by atoms with Gasteiger partial charge >= 0.3 is 0 Å². The predicted molar refractivity (Wildman–Crippen MR) is 142 cm³/mol. The Kier molecular flexibility index (Phi) is 7.61. The maximum absolute atomic E-state index is 13.2. The van der Waals surface area contributed by atoms with Gasteiger partial charge in [0.25, 0.3) is 5.91 Å². The molecule has 1 aliphatic rings. The molecule has 0 unspecified atom stereocenters. The van der Waals surface area contributed by atoms with Crippen molar-refractivity contribution in [2.75, 3.05) is 19.1 Å². The van der Waals surface area contributed by atoms with Crippen molar-refractivity contribution in [3.8, 4) is 23.3 Å². The quantitative estimate of drug-likeness (QED) is 0.269. The lowest BCUT2D eigenvalue weighted by Crippen LogP contribution is -2.27. The number of halogens is 1. The number of hydrogen-bond acceptors (Lipinski definition) is 7. The molecule has 0 radical (unpaired) electrons. The molecule has 1 heterocycles. The summed E-state index contributed by atoms with van der Waals surface area (Å²) in [7, 11) is 3.05. The van der Waals surface area contributed by atoms with Crippen molar-refractivity contribution in [1.29, 1.82) is 5.26 Å². The number of benzene rings is 3. The number of para-hydroxylation sites is 2. The normalized spacial score (nSPS) is 14.2. The Morgan fingerprint density at radius 2 is 1.80 bits per heavy atom. The molecule has 1 fully saturated rings. The van der Waals surface area contributed by atoms with Crippen LogP contribution in [0, 0.1) is 11.3 Å². The van der Waals surface area contributed by atoms with E-state index in [4.69, 9.17) is 38.0 Å². The van der Waals surface area contributed by atoms with Gasteiger partial charge in [0, 0.05) is 5.56 Å². The summed E-state index contributed by atoms with van der Waals surface area (Å²) in [6, 6.07) is 19.9. The third-order valence-electron chi connectivity index (χ3n) is 5.18. The van der Waals surface area contributed by atoms with E-state index >= 15 is 0 Å². The van der Waals surface area contributed by atoms with Crippen LogP contribution < -0.4 is 19.1 Å². The summed E-state index contributed by atoms with van der Waals surface area (Å²) in [6.07, 6.45) is 1.71. The summed E-state index contributed by atoms with van der Waals surface area (Å²) in [6.45, 7) is 0.150. The number of nitriles is 1. The molecule has 1 saturated heterocycles. The smallest absolute Gasteiger partial charge is 0.270 e. The molecule has 6 nitrogen and oxygen atoms in total. The topological polar surface area (TPSA) is 71.8 Å². The molecule has 3 aromatic rings. The molecule has 1 amide bonds. The molecule has 0 aliphatic carbocycles. The van der Waals surface area contributed by atoms with Gasteiger partial charge < -0.3 is 14.2 Å². The molecule has 0 N–H and O–H groups in total. The van der Waals surface area contributed by atoms with Crippen LogP contribution in [0.3, 0.4) is 0 Å². The van der Waals surface area contributed by atoms with Crippen LogP contribution in [0.15, 0.2) is 65.6 Å². The molecule has 0 bridgehead atoms. The van der Waals surface area contributed by atoms with Crippen LogP contribution >= 0.6 is 35.6 Å². The first kappa shape index (κ1) is 24.6. The molecule has 4 rings (SSSR count). The number of nitrogens with zero attached hydrogens (tertiary/aromatic N) is 2. The van der Waals surface area contributed by atoms with Crippen molar-refractivity contribution < 1.29 is 19.0 Å². The third-order valence-corrected chi connectivity index (χ3v) is 6.76. The second-order valence-corrected chi connectivity index (χ2v) is 9.36. The molecule has 176 valence electrons. The number of thioether (sulfide) groups is 1. The zero-order valence-corrected chi connectivity index (χ0v) is 21.2. The summed E-state index contributed by atoms with van der Waals surface area (Å²) in [5, 5.41) is 9.60. The molecule has 0 spiro atoms. The van der Waals surface area contributed by atoms with Crippen LogP contribution in [-0.2, 0) is 11.4 Å². The SMILES string of the molecule is COc1ccccc1N1C(=O)/C(=C/c2cc(Cl)c(OCc3ccccc3C#N)c(OC)c2)SC1=S. The maximum Gasteiger partial charge on any atom is 0.270 e. The number of anilines is 1. The highest BCUT2D eigenvalue weighted by atomic mass is 35.5. The van der Waals surface area contributed by atoms with E-state index in [1.165, 1.54) is 23.8 Å². The second-order valence-electron chi connectivity index (χ2n) is 7.28. The molecule has 0 atom stereocenters. The van der Waals surface area contributed by atoms with E-state index in [9.17, 15) is 10.1 Å². The average Bonchev–Trinajstić information content (AvgIpc) is 3.15. The summed E-state index contributed by atoms with van der Waals surface area (Å²) in [5.74, 6) is 1.04. The molecule has 0 saturated carbocycles. The molecule has 0 aromatic heterocycles. The fourth-order valence-corrected chi connectivity index (χ4v) is 5.07. The Hall–Kier alpha value is -3.51. The first-order valence-corrected chi connectivity index (χ1v) is 12.0. The highest BCUT2D eigenvalue weighted by Crippen LogP contribution is 2.42. The number of methoxy groups -OCH3 is 2. The maximum atomic E-state index is 13.2. The zero-order valence-electron chi connectivity index (χ0n) is 18.8. The van der Waals surface area contributed by atoms with Crippen molar-refractivity contribution in [1.82, 2.24) is 0 Å². The molecule has 3 aromatic carbocycles. The van der Waals surface area contributed by atoms with Gasteiger partial charge in [0.15, 0.2) is 15.8 Å². The number of carbonyl (C=O) groups excluding carboxylic acids is 1. The third kappa shape index (κ3) is 5.13. The lowest BCUT2D eigenvalue weighted by molar-refractivity contribution is -0.113. The molecule has 35 heavy (non-hydrogen) atoms. The first-order valence-electron chi connectivity index (χ1n) is 10.4. The van der Waals surface area contributed by atoms with E-state index < -0.39 is 0 Å². The van der Waals surface area contributed by atoms with Crippen molar-refractivity contribution >= 4 is 57.6 Å². The number of hydrogen-bond donors (Lipinski definition) is 0. The van der Waals surface area contributed by atoms with Gasteiger partial charge in [-0.05, 0) is 42.0 Å². The van der Waals surface area contributed by atoms with Gasteiger partial charge in [0.05, 0.1) is 41.5 Å². The number of ether oxygens (including phenoxy) is 3. The fourth-order valence-electron chi connectivity index (χ4n) is 3.51. The van der Waals surface area contributed by atoms with Crippen LogP contribution in [0.4, 0.5) is 5.69 Å². The van der Waals surface area contributed by atoms with Gasteiger partial charge in [0.2, 0.25) is 0 Å². The largest absolute Gasteiger partial charge is 0.495 e. The predicted octanol–water partition coefficient (Wildman–Crippen LogP) is 6.21. The Labute approximate surface area is 217 Å². The molecular formula is C26H19ClN2O4S2. The van der Waals surface area contributed by atoms with Crippen molar-refractivity contribution in [2.24, 2.45) is 0 Å². The van der Waals surface area contributed by atoms with E-state index in [0.717, 1.165) is 5.56 Å². The zero-order chi connectivity index (χ0) is 24.9. The average molecular weight is 523 g/mol. The van der Waals surface area contributed by atoms with Crippen LogP contribution in [0.5, 0.6) is 17.2 Å². The van der Waals surface area contributed by atoms with Crippen molar-refractivity contribution in [3.05, 3.63) is 87.3 Å². The highest BCUT2D eigenvalue weighted by Gasteiger charge is 2.35. The van der Waals surface area contributed by atoms with E-state index in [-0.39, 0.29) is 12.5 Å². The minimum Gasteiger partial charge on any atom is -0.495 e. The minimum atomic E-state index is -0.256. The van der Waals surface area contributed by atoms with Crippen LogP contribution in [0.1, 0.15) is 16.7 Å². The van der Waals surface area contributed by atoms with Gasteiger partial charge in [-0.3, -0.25) is 9.69 Å². The molecular weight excluding hydrogens is 504 g/mol. The Morgan fingerprint density at radius 3 is 2.54 bits per heavy atom. The van der Waals surface area contributed by atoms with Crippen LogP contribution in [0.2, 0.25) is 5.02 Å². The number of thiocarbonyl (C=S) groups is 1. The lowest BCUT2D eigenvalue weighted by atomic mass is 10.1. The minimum absolute atomic E-state index is 0.150. The molecule has 1 aliphatic heterocycles. The molecule has 9 heteroatoms. The van der Waals surface area contributed by atoms with Gasteiger partial charge in [0.1, 0.15) is 12.4 Å². The summed E-state index contributed by atoms with van der Waals surface area (Å²) >= 11 is 13.2. The van der Waals surface area contributed by atoms with Crippen molar-refractivity contribution in [3.63, 3.8) is 0 Å². The van der Waals surface area contributed by atoms with Crippen LogP contribution in [0.25, 0.3) is 6.08 Å². The van der Waals surface area contributed by atoms with Gasteiger partial charge in [-0.25, -0.2) is 0 Å². The lowest BCUT2D eigenvalue weighted by Gasteiger charge is -2.17. The standard InChI is InChI=1S/C26H19ClN2O4S2/c1-31-21-10-6-5-9-20(21)29-25(30)23(35-26(29)34)13-16-11-19(27)24(22(12-16)32-2)33-15-18-8-4-3-7-17(18)14-28/h3-13H,15H2,1-2H3/b23-13-. The summed E-state index contributed by atoms with van der Waals surface area (Å²) < 4.78 is 17.2. The van der Waals surface area contributed by atoms with Gasteiger partial charge in [-0.1, -0.05) is 65.9 Å². The summed E-state index contributed by atoms with van der Waals surface area (Å²) in [5.41, 5.74) is 2.49. The van der Waals surface area contributed by atoms with Crippen LogP contribution in [-0.4, -0.2) is 24.4 Å². The van der Waals surface area contributed by atoms with E-state index in [0.29, 0.717) is 48.3 Å². The van der Waals surface area contributed by atoms with Gasteiger partial charge in [-0.2, -0.15) is 5.26 Å². The first-order chi connectivity index (χ1) is 17.0. The second kappa shape index (κ2) is 10.8. The van der Waals surface area contributed by atoms with E-state index in [2.05, 4.69) is 6.07 Å². The summed E-state index contributed by atoms with van der Waals surface area (Å²) in [4.78, 5) is 15.1. The van der Waals surface area contributed by atoms with Crippen molar-refractivity contribution in [2.45, 2.75) is 6.61 Å². The Bertz CT molecular complexity index is 1380. The van der Waals surface area contributed by atoms with Gasteiger partial charge in [-0.15, -0.1) is 0 Å². The number of amides is 1. The Morgan fingerprint density at radius 1 is 1.09 bits per heavy atom.